The van der Waals surface area contributed by atoms with Gasteiger partial charge in [0.1, 0.15) is 5.04 Å². The van der Waals surface area contributed by atoms with Crippen LogP contribution in [0, 0.1) is 19.3 Å². The molecule has 0 atom stereocenters. The van der Waals surface area contributed by atoms with Gasteiger partial charge in [-0.1, -0.05) is 72.3 Å². The van der Waals surface area contributed by atoms with Gasteiger partial charge in [-0.05, 0) is 54.9 Å². The minimum atomic E-state index is -0.407. The molecule has 0 unspecified atom stereocenters. The number of thioether (sulfide) groups is 1. The van der Waals surface area contributed by atoms with Gasteiger partial charge < -0.3 is 4.57 Å². The van der Waals surface area contributed by atoms with Crippen molar-refractivity contribution >= 4 is 50.7 Å². The van der Waals surface area contributed by atoms with E-state index in [1.165, 1.54) is 22.3 Å². The number of amides is 1. The Balaban J connectivity index is 1.39. The van der Waals surface area contributed by atoms with Crippen molar-refractivity contribution in [3.05, 3.63) is 112 Å². The number of hydrogen-bond acceptors (Lipinski definition) is 4. The first-order valence-electron chi connectivity index (χ1n) is 12.1. The maximum atomic E-state index is 13.1. The summed E-state index contributed by atoms with van der Waals surface area (Å²) in [6.07, 6.45) is 2.45. The highest BCUT2D eigenvalue weighted by atomic mass is 32.2. The van der Waals surface area contributed by atoms with E-state index in [0.717, 1.165) is 44.9 Å². The normalized spacial score (nSPS) is 16.4. The Labute approximate surface area is 219 Å². The zero-order valence-corrected chi connectivity index (χ0v) is 21.4. The van der Waals surface area contributed by atoms with Gasteiger partial charge in [0.15, 0.2) is 5.84 Å². The summed E-state index contributed by atoms with van der Waals surface area (Å²) in [6, 6.07) is 26.8. The van der Waals surface area contributed by atoms with Crippen LogP contribution in [0.2, 0.25) is 0 Å². The third kappa shape index (κ3) is 4.32. The molecule has 3 heterocycles. The van der Waals surface area contributed by atoms with Crippen molar-refractivity contribution in [2.75, 3.05) is 0 Å². The summed E-state index contributed by atoms with van der Waals surface area (Å²) in [5, 5.41) is 17.3. The zero-order chi connectivity index (χ0) is 25.5. The Bertz CT molecular complexity index is 1650. The number of benzene rings is 3. The van der Waals surface area contributed by atoms with E-state index in [4.69, 9.17) is 5.41 Å². The topological polar surface area (TPSA) is 73.8 Å². The van der Waals surface area contributed by atoms with Crippen LogP contribution in [0.1, 0.15) is 27.9 Å². The molecule has 0 saturated heterocycles. The molecule has 37 heavy (non-hydrogen) atoms. The molecule has 0 saturated carbocycles. The number of aromatic nitrogens is 1. The Hall–Kier alpha value is -4.23. The SMILES string of the molecule is Cc1ccc2c(c1)c(/C=C1\C(=N)N3N=C(Cc4ccccc4)SC3=NC1=O)c(C)n2Cc1ccccc1. The van der Waals surface area contributed by atoms with Crippen molar-refractivity contribution in [3.8, 4) is 0 Å². The minimum absolute atomic E-state index is 0.0570. The lowest BCUT2D eigenvalue weighted by atomic mass is 10.0. The molecule has 4 aromatic rings. The van der Waals surface area contributed by atoms with Crippen LogP contribution in [0.25, 0.3) is 17.0 Å². The lowest BCUT2D eigenvalue weighted by molar-refractivity contribution is -0.114. The molecule has 6 nitrogen and oxygen atoms in total. The van der Waals surface area contributed by atoms with E-state index < -0.39 is 5.91 Å². The summed E-state index contributed by atoms with van der Waals surface area (Å²) < 4.78 is 2.27. The molecule has 1 aromatic heterocycles. The highest BCUT2D eigenvalue weighted by Gasteiger charge is 2.36. The number of aryl methyl sites for hydroxylation is 1. The van der Waals surface area contributed by atoms with Crippen molar-refractivity contribution in [1.29, 1.82) is 5.41 Å². The van der Waals surface area contributed by atoms with Crippen LogP contribution in [0.15, 0.2) is 94.5 Å². The van der Waals surface area contributed by atoms with Crippen molar-refractivity contribution in [2.24, 2.45) is 10.1 Å². The van der Waals surface area contributed by atoms with Crippen molar-refractivity contribution in [1.82, 2.24) is 9.58 Å². The van der Waals surface area contributed by atoms with Crippen molar-refractivity contribution < 1.29 is 4.79 Å². The number of hydrazone groups is 1. The predicted molar refractivity (Wildman–Crippen MR) is 152 cm³/mol. The van der Waals surface area contributed by atoms with Gasteiger partial charge in [0, 0.05) is 35.1 Å². The average Bonchev–Trinajstić information content (AvgIpc) is 3.41. The molecule has 0 spiro atoms. The Morgan fingerprint density at radius 2 is 1.65 bits per heavy atom. The minimum Gasteiger partial charge on any atom is -0.340 e. The van der Waals surface area contributed by atoms with Gasteiger partial charge in [-0.25, -0.2) is 0 Å². The number of aliphatic imine (C=N–C) groups is 1. The number of hydrogen-bond donors (Lipinski definition) is 1. The fourth-order valence-corrected chi connectivity index (χ4v) is 5.71. The first kappa shape index (κ1) is 23.2. The van der Waals surface area contributed by atoms with Gasteiger partial charge in [-0.3, -0.25) is 10.2 Å². The summed E-state index contributed by atoms with van der Waals surface area (Å²) in [7, 11) is 0. The van der Waals surface area contributed by atoms with Gasteiger partial charge in [-0.15, -0.1) is 0 Å². The Morgan fingerprint density at radius 3 is 2.38 bits per heavy atom. The van der Waals surface area contributed by atoms with E-state index in [0.29, 0.717) is 11.6 Å². The van der Waals surface area contributed by atoms with Crippen LogP contribution in [0.5, 0.6) is 0 Å². The standard InChI is InChI=1S/C30H25N5OS/c1-19-13-14-26-24(15-19)23(20(2)34(26)18-22-11-7-4-8-12-22)17-25-28(31)35-30(32-29(25)36)37-27(33-35)16-21-9-5-3-6-10-21/h3-15,17,31H,16,18H2,1-2H3/b25-17+,31-28?. The monoisotopic (exact) mass is 503 g/mol. The van der Waals surface area contributed by atoms with E-state index in [9.17, 15) is 4.79 Å². The van der Waals surface area contributed by atoms with Crippen LogP contribution < -0.4 is 0 Å². The molecular weight excluding hydrogens is 478 g/mol. The van der Waals surface area contributed by atoms with Crippen molar-refractivity contribution in [3.63, 3.8) is 0 Å². The number of carbonyl (C=O) groups is 1. The zero-order valence-electron chi connectivity index (χ0n) is 20.6. The molecule has 7 heteroatoms. The number of carbonyl (C=O) groups excluding carboxylic acids is 1. The smallest absolute Gasteiger partial charge is 0.283 e. The fourth-order valence-electron chi connectivity index (χ4n) is 4.79. The summed E-state index contributed by atoms with van der Waals surface area (Å²) in [6.45, 7) is 4.85. The van der Waals surface area contributed by atoms with Gasteiger partial charge in [0.2, 0.25) is 5.17 Å². The molecule has 0 aliphatic carbocycles. The molecule has 0 fully saturated rings. The maximum Gasteiger partial charge on any atom is 0.283 e. The summed E-state index contributed by atoms with van der Waals surface area (Å²) in [4.78, 5) is 17.4. The van der Waals surface area contributed by atoms with Gasteiger partial charge in [0.05, 0.1) is 5.57 Å². The highest BCUT2D eigenvalue weighted by Crippen LogP contribution is 2.33. The molecule has 6 rings (SSSR count). The first-order chi connectivity index (χ1) is 18.0. The second kappa shape index (κ2) is 9.33. The predicted octanol–water partition coefficient (Wildman–Crippen LogP) is 6.17. The van der Waals surface area contributed by atoms with Gasteiger partial charge >= 0.3 is 0 Å². The summed E-state index contributed by atoms with van der Waals surface area (Å²) in [5.41, 5.74) is 6.78. The molecule has 1 amide bonds. The average molecular weight is 504 g/mol. The Morgan fingerprint density at radius 1 is 0.946 bits per heavy atom. The van der Waals surface area contributed by atoms with Crippen LogP contribution in [-0.4, -0.2) is 31.5 Å². The number of amidine groups is 2. The highest BCUT2D eigenvalue weighted by molar-refractivity contribution is 8.26. The molecule has 1 N–H and O–H groups in total. The lowest BCUT2D eigenvalue weighted by Gasteiger charge is -2.20. The number of nitrogens with one attached hydrogen (secondary N) is 1. The van der Waals surface area contributed by atoms with E-state index in [1.807, 2.05) is 54.6 Å². The lowest BCUT2D eigenvalue weighted by Crippen LogP contribution is -2.35. The van der Waals surface area contributed by atoms with Crippen LogP contribution >= 0.6 is 11.8 Å². The number of fused-ring (bicyclic) bond motifs is 2. The number of nitrogens with zero attached hydrogens (tertiary/aromatic N) is 4. The maximum absolute atomic E-state index is 13.1. The second-order valence-corrected chi connectivity index (χ2v) is 10.3. The van der Waals surface area contributed by atoms with Crippen molar-refractivity contribution in [2.45, 2.75) is 26.8 Å². The number of rotatable bonds is 5. The Kier molecular flexibility index (Phi) is 5.85. The molecule has 3 aromatic carbocycles. The van der Waals surface area contributed by atoms with E-state index >= 15 is 0 Å². The summed E-state index contributed by atoms with van der Waals surface area (Å²) >= 11 is 1.35. The largest absolute Gasteiger partial charge is 0.340 e. The molecule has 182 valence electrons. The molecule has 2 aliphatic heterocycles. The molecule has 2 aliphatic rings. The molecule has 0 radical (unpaired) electrons. The summed E-state index contributed by atoms with van der Waals surface area (Å²) in [5.74, 6) is -0.350. The fraction of sp³-hybridized carbons (Fsp3) is 0.133. The second-order valence-electron chi connectivity index (χ2n) is 9.27. The molecule has 0 bridgehead atoms. The van der Waals surface area contributed by atoms with E-state index in [2.05, 4.69) is 58.8 Å². The van der Waals surface area contributed by atoms with Crippen LogP contribution in [-0.2, 0) is 17.8 Å². The van der Waals surface area contributed by atoms with E-state index in [1.54, 1.807) is 0 Å². The van der Waals surface area contributed by atoms with Gasteiger partial charge in [0.25, 0.3) is 5.91 Å². The van der Waals surface area contributed by atoms with E-state index in [-0.39, 0.29) is 11.4 Å². The van der Waals surface area contributed by atoms with Gasteiger partial charge in [-0.2, -0.15) is 15.1 Å². The third-order valence-corrected chi connectivity index (χ3v) is 7.60. The quantitative estimate of drug-likeness (QED) is 0.331. The van der Waals surface area contributed by atoms with Crippen LogP contribution in [0.4, 0.5) is 0 Å². The third-order valence-electron chi connectivity index (χ3n) is 6.69. The van der Waals surface area contributed by atoms with Crippen LogP contribution in [0.3, 0.4) is 0 Å². The molecular formula is C30H25N5OS. The first-order valence-corrected chi connectivity index (χ1v) is 13.0.